The summed E-state index contributed by atoms with van der Waals surface area (Å²) >= 11 is 0. The summed E-state index contributed by atoms with van der Waals surface area (Å²) in [4.78, 5) is 35.8. The first-order chi connectivity index (χ1) is 13.5. The largest absolute Gasteiger partial charge is 0.455 e. The first kappa shape index (κ1) is 19.3. The molecule has 144 valence electrons. The number of carbonyl (C=O) groups is 2. The van der Waals surface area contributed by atoms with Gasteiger partial charge in [-0.15, -0.1) is 0 Å². The van der Waals surface area contributed by atoms with Crippen molar-refractivity contribution < 1.29 is 14.3 Å². The number of carbonyl (C=O) groups excluding carboxylic acids is 2. The van der Waals surface area contributed by atoms with Gasteiger partial charge in [-0.1, -0.05) is 55.5 Å². The Kier molecular flexibility index (Phi) is 6.16. The number of ether oxygens (including phenoxy) is 1. The van der Waals surface area contributed by atoms with Gasteiger partial charge in [-0.2, -0.15) is 5.10 Å². The lowest BCUT2D eigenvalue weighted by Gasteiger charge is -2.13. The fourth-order valence-corrected chi connectivity index (χ4v) is 2.86. The quantitative estimate of drug-likeness (QED) is 0.611. The number of nitrogens with one attached hydrogen (secondary N) is 2. The monoisotopic (exact) mass is 379 g/mol. The predicted molar refractivity (Wildman–Crippen MR) is 105 cm³/mol. The normalized spacial score (nSPS) is 11.8. The molecule has 7 heteroatoms. The molecule has 2 N–H and O–H groups in total. The first-order valence-corrected chi connectivity index (χ1v) is 8.98. The summed E-state index contributed by atoms with van der Waals surface area (Å²) in [6.45, 7) is 2.10. The minimum absolute atomic E-state index is 0.134. The third kappa shape index (κ3) is 4.82. The Labute approximate surface area is 161 Å². The van der Waals surface area contributed by atoms with Crippen molar-refractivity contribution in [2.45, 2.75) is 19.3 Å². The summed E-state index contributed by atoms with van der Waals surface area (Å²) in [5.41, 5.74) is 1.20. The molecule has 0 saturated heterocycles. The van der Waals surface area contributed by atoms with Gasteiger partial charge in [-0.05, 0) is 17.5 Å². The molecule has 0 aliphatic rings. The van der Waals surface area contributed by atoms with Gasteiger partial charge >= 0.3 is 5.97 Å². The van der Waals surface area contributed by atoms with Crippen molar-refractivity contribution in [3.8, 4) is 0 Å². The van der Waals surface area contributed by atoms with E-state index in [-0.39, 0.29) is 30.4 Å². The molecule has 0 fully saturated rings. The molecule has 1 aromatic heterocycles. The summed E-state index contributed by atoms with van der Waals surface area (Å²) in [5.74, 6) is -0.802. The van der Waals surface area contributed by atoms with Crippen molar-refractivity contribution in [3.05, 3.63) is 76.2 Å². The van der Waals surface area contributed by atoms with E-state index in [0.717, 1.165) is 5.56 Å². The number of hydrogen-bond donors (Lipinski definition) is 2. The number of esters is 1. The molecule has 0 spiro atoms. The van der Waals surface area contributed by atoms with Crippen molar-refractivity contribution in [2.24, 2.45) is 0 Å². The van der Waals surface area contributed by atoms with E-state index >= 15 is 0 Å². The number of fused-ring (bicyclic) bond motifs is 1. The van der Waals surface area contributed by atoms with Crippen LogP contribution in [-0.4, -0.2) is 35.2 Å². The van der Waals surface area contributed by atoms with Gasteiger partial charge in [0.15, 0.2) is 6.61 Å². The summed E-state index contributed by atoms with van der Waals surface area (Å²) in [7, 11) is 0. The number of aromatic amines is 1. The van der Waals surface area contributed by atoms with Gasteiger partial charge in [0.25, 0.3) is 11.5 Å². The van der Waals surface area contributed by atoms with E-state index < -0.39 is 5.97 Å². The van der Waals surface area contributed by atoms with Crippen LogP contribution in [0.3, 0.4) is 0 Å². The highest BCUT2D eigenvalue weighted by molar-refractivity contribution is 5.87. The molecular weight excluding hydrogens is 358 g/mol. The van der Waals surface area contributed by atoms with E-state index in [4.69, 9.17) is 4.74 Å². The van der Waals surface area contributed by atoms with E-state index in [1.807, 2.05) is 37.3 Å². The molecule has 1 atom stereocenters. The van der Waals surface area contributed by atoms with Crippen LogP contribution in [0.2, 0.25) is 0 Å². The zero-order chi connectivity index (χ0) is 19.9. The number of nitrogens with zero attached hydrogens (tertiary/aromatic N) is 1. The molecule has 0 radical (unpaired) electrons. The van der Waals surface area contributed by atoms with E-state index in [2.05, 4.69) is 15.5 Å². The average Bonchev–Trinajstić information content (AvgIpc) is 2.73. The summed E-state index contributed by atoms with van der Waals surface area (Å²) < 4.78 is 5.04. The van der Waals surface area contributed by atoms with Crippen LogP contribution in [0, 0.1) is 0 Å². The highest BCUT2D eigenvalue weighted by atomic mass is 16.5. The van der Waals surface area contributed by atoms with Gasteiger partial charge in [0.1, 0.15) is 0 Å². The second kappa shape index (κ2) is 8.94. The van der Waals surface area contributed by atoms with Gasteiger partial charge in [0.05, 0.1) is 17.5 Å². The lowest BCUT2D eigenvalue weighted by atomic mass is 10.0. The SMILES string of the molecule is CC(CNC(=O)COC(=O)Cc1n[nH]c(=O)c2ccccc12)c1ccccc1. The molecule has 0 aliphatic carbocycles. The van der Waals surface area contributed by atoms with Gasteiger partial charge in [-0.25, -0.2) is 5.10 Å². The fourth-order valence-electron chi connectivity index (χ4n) is 2.86. The zero-order valence-electron chi connectivity index (χ0n) is 15.5. The second-order valence-corrected chi connectivity index (χ2v) is 6.50. The van der Waals surface area contributed by atoms with Crippen molar-refractivity contribution >= 4 is 22.6 Å². The molecule has 0 bridgehead atoms. The number of aromatic nitrogens is 2. The van der Waals surface area contributed by atoms with Gasteiger partial charge < -0.3 is 10.1 Å². The number of H-pyrrole nitrogens is 1. The average molecular weight is 379 g/mol. The molecule has 0 aliphatic heterocycles. The van der Waals surface area contributed by atoms with Crippen LogP contribution in [0.25, 0.3) is 10.8 Å². The van der Waals surface area contributed by atoms with Gasteiger partial charge in [0, 0.05) is 11.9 Å². The third-order valence-corrected chi connectivity index (χ3v) is 4.43. The Morgan fingerprint density at radius 2 is 1.75 bits per heavy atom. The predicted octanol–water partition coefficient (Wildman–Crippen LogP) is 1.93. The Hall–Kier alpha value is -3.48. The van der Waals surface area contributed by atoms with Crippen LogP contribution >= 0.6 is 0 Å². The van der Waals surface area contributed by atoms with E-state index in [0.29, 0.717) is 23.0 Å². The van der Waals surface area contributed by atoms with Crippen LogP contribution in [0.4, 0.5) is 0 Å². The smallest absolute Gasteiger partial charge is 0.312 e. The maximum atomic E-state index is 12.1. The molecular formula is C21H21N3O4. The number of rotatable bonds is 7. The summed E-state index contributed by atoms with van der Waals surface area (Å²) in [5, 5.41) is 10.1. The van der Waals surface area contributed by atoms with Gasteiger partial charge in [-0.3, -0.25) is 14.4 Å². The minimum atomic E-state index is -0.587. The van der Waals surface area contributed by atoms with Crippen molar-refractivity contribution in [3.63, 3.8) is 0 Å². The maximum Gasteiger partial charge on any atom is 0.312 e. The first-order valence-electron chi connectivity index (χ1n) is 8.98. The molecule has 1 amide bonds. The highest BCUT2D eigenvalue weighted by Crippen LogP contribution is 2.14. The topological polar surface area (TPSA) is 101 Å². The Morgan fingerprint density at radius 1 is 1.07 bits per heavy atom. The lowest BCUT2D eigenvalue weighted by molar-refractivity contribution is -0.147. The van der Waals surface area contributed by atoms with Gasteiger partial charge in [0.2, 0.25) is 0 Å². The molecule has 3 rings (SSSR count). The van der Waals surface area contributed by atoms with E-state index in [1.165, 1.54) is 0 Å². The molecule has 0 saturated carbocycles. The van der Waals surface area contributed by atoms with E-state index in [1.54, 1.807) is 24.3 Å². The van der Waals surface area contributed by atoms with Crippen LogP contribution in [0.5, 0.6) is 0 Å². The second-order valence-electron chi connectivity index (χ2n) is 6.50. The summed E-state index contributed by atoms with van der Waals surface area (Å²) in [6, 6.07) is 16.7. The molecule has 1 unspecified atom stereocenters. The van der Waals surface area contributed by atoms with Crippen molar-refractivity contribution in [2.75, 3.05) is 13.2 Å². The van der Waals surface area contributed by atoms with E-state index in [9.17, 15) is 14.4 Å². The molecule has 3 aromatic rings. The Bertz CT molecular complexity index is 1030. The minimum Gasteiger partial charge on any atom is -0.455 e. The maximum absolute atomic E-state index is 12.1. The van der Waals surface area contributed by atoms with Crippen LogP contribution in [0.15, 0.2) is 59.4 Å². The number of amides is 1. The van der Waals surface area contributed by atoms with Crippen molar-refractivity contribution in [1.82, 2.24) is 15.5 Å². The zero-order valence-corrected chi connectivity index (χ0v) is 15.5. The van der Waals surface area contributed by atoms with Crippen LogP contribution in [0.1, 0.15) is 24.1 Å². The Morgan fingerprint density at radius 3 is 2.50 bits per heavy atom. The van der Waals surface area contributed by atoms with Crippen LogP contribution < -0.4 is 10.9 Å². The number of benzene rings is 2. The molecule has 28 heavy (non-hydrogen) atoms. The standard InChI is InChI=1S/C21H21N3O4/c1-14(15-7-3-2-4-8-15)12-22-19(25)13-28-20(26)11-18-16-9-5-6-10-17(16)21(27)24-23-18/h2-10,14H,11-13H2,1H3,(H,22,25)(H,24,27). The lowest BCUT2D eigenvalue weighted by Crippen LogP contribution is -2.32. The molecule has 2 aromatic carbocycles. The fraction of sp³-hybridized carbons (Fsp3) is 0.238. The Balaban J connectivity index is 1.50. The summed E-state index contributed by atoms with van der Waals surface area (Å²) in [6.07, 6.45) is -0.134. The van der Waals surface area contributed by atoms with Crippen LogP contribution in [-0.2, 0) is 20.7 Å². The molecule has 7 nitrogen and oxygen atoms in total. The molecule has 1 heterocycles. The highest BCUT2D eigenvalue weighted by Gasteiger charge is 2.14. The third-order valence-electron chi connectivity index (χ3n) is 4.43. The van der Waals surface area contributed by atoms with Crippen molar-refractivity contribution in [1.29, 1.82) is 0 Å². The number of hydrogen-bond acceptors (Lipinski definition) is 5.